The molecule has 3 N–H and O–H groups in total. The smallest absolute Gasteiger partial charge is 0.361 e. The van der Waals surface area contributed by atoms with Gasteiger partial charge in [-0.1, -0.05) is 12.1 Å². The number of aromatic nitrogens is 1. The maximum atomic E-state index is 13.2. The molecule has 2 rings (SSSR count). The van der Waals surface area contributed by atoms with Gasteiger partial charge in [0.2, 0.25) is 0 Å². The van der Waals surface area contributed by atoms with E-state index in [0.717, 1.165) is 6.07 Å². The van der Waals surface area contributed by atoms with E-state index in [4.69, 9.17) is 5.73 Å². The van der Waals surface area contributed by atoms with E-state index in [1.807, 2.05) is 5.43 Å². The lowest BCUT2D eigenvalue weighted by Crippen LogP contribution is -2.32. The minimum Gasteiger partial charge on any atom is -0.361 e. The molecule has 0 saturated heterocycles. The second kappa shape index (κ2) is 6.80. The Balaban J connectivity index is 2.43. The summed E-state index contributed by atoms with van der Waals surface area (Å²) in [6, 6.07) is 6.84. The molecule has 0 aliphatic rings. The first-order chi connectivity index (χ1) is 11.6. The number of benzene rings is 1. The van der Waals surface area contributed by atoms with Crippen molar-refractivity contribution >= 4 is 18.0 Å². The van der Waals surface area contributed by atoms with Gasteiger partial charge in [0.25, 0.3) is 0 Å². The van der Waals surface area contributed by atoms with Gasteiger partial charge in [-0.2, -0.15) is 18.3 Å². The van der Waals surface area contributed by atoms with Gasteiger partial charge in [0.15, 0.2) is 0 Å². The topological polar surface area (TPSA) is 89.5 Å². The minimum atomic E-state index is -4.50. The zero-order valence-electron chi connectivity index (χ0n) is 13.4. The maximum absolute atomic E-state index is 13.2. The zero-order valence-corrected chi connectivity index (χ0v) is 13.4. The number of nitrogens with one attached hydrogen (secondary N) is 1. The zero-order chi connectivity index (χ0) is 18.8. The number of hydrazone groups is 1. The molecule has 1 heterocycles. The number of para-hydroxylation sites is 1. The summed E-state index contributed by atoms with van der Waals surface area (Å²) in [4.78, 5) is 21.6. The fraction of sp³-hybridized carbons (Fsp3) is 0.188. The fourth-order valence-corrected chi connectivity index (χ4v) is 2.41. The first-order valence-corrected chi connectivity index (χ1v) is 7.11. The van der Waals surface area contributed by atoms with E-state index in [1.165, 1.54) is 29.0 Å². The van der Waals surface area contributed by atoms with Gasteiger partial charge in [0.05, 0.1) is 17.5 Å². The summed E-state index contributed by atoms with van der Waals surface area (Å²) >= 11 is 0. The van der Waals surface area contributed by atoms with Crippen LogP contribution in [0.5, 0.6) is 0 Å². The van der Waals surface area contributed by atoms with Gasteiger partial charge in [0.1, 0.15) is 0 Å². The molecule has 0 saturated carbocycles. The summed E-state index contributed by atoms with van der Waals surface area (Å²) in [6.45, 7) is 3.27. The molecular weight excluding hydrogens is 337 g/mol. The molecule has 2 aromatic rings. The van der Waals surface area contributed by atoms with Crippen molar-refractivity contribution in [2.45, 2.75) is 20.0 Å². The van der Waals surface area contributed by atoms with E-state index in [-0.39, 0.29) is 5.69 Å². The van der Waals surface area contributed by atoms with Gasteiger partial charge >= 0.3 is 18.0 Å². The van der Waals surface area contributed by atoms with Gasteiger partial charge in [-0.25, -0.2) is 5.43 Å². The third kappa shape index (κ3) is 3.87. The molecule has 0 radical (unpaired) electrons. The Hall–Kier alpha value is -3.10. The molecular formula is C16H15F3N4O2. The minimum absolute atomic E-state index is 0.00850. The average Bonchev–Trinajstić information content (AvgIpc) is 2.80. The van der Waals surface area contributed by atoms with Gasteiger partial charge in [-0.05, 0) is 32.0 Å². The van der Waals surface area contributed by atoms with Crippen LogP contribution < -0.4 is 11.2 Å². The number of carbonyl (C=O) groups is 2. The molecule has 9 heteroatoms. The number of carbonyl (C=O) groups excluding carboxylic acids is 2. The van der Waals surface area contributed by atoms with E-state index in [1.54, 1.807) is 19.9 Å². The lowest BCUT2D eigenvalue weighted by Gasteiger charge is -2.16. The van der Waals surface area contributed by atoms with Crippen molar-refractivity contribution < 1.29 is 22.8 Å². The SMILES string of the molecule is Cc1cc(/C=N\NC(=O)C(N)=O)c(C)n1-c1ccccc1C(F)(F)F. The van der Waals surface area contributed by atoms with Gasteiger partial charge in [0, 0.05) is 17.0 Å². The van der Waals surface area contributed by atoms with Crippen molar-refractivity contribution in [3.05, 3.63) is 52.8 Å². The van der Waals surface area contributed by atoms with Crippen LogP contribution in [0, 0.1) is 13.8 Å². The predicted molar refractivity (Wildman–Crippen MR) is 85.2 cm³/mol. The number of aryl methyl sites for hydroxylation is 1. The Morgan fingerprint density at radius 3 is 2.48 bits per heavy atom. The Morgan fingerprint density at radius 1 is 1.24 bits per heavy atom. The van der Waals surface area contributed by atoms with Crippen LogP contribution in [0.4, 0.5) is 13.2 Å². The number of nitrogens with zero attached hydrogens (tertiary/aromatic N) is 2. The molecule has 0 atom stereocenters. The number of alkyl halides is 3. The molecule has 0 aliphatic heterocycles. The number of amides is 2. The number of halogens is 3. The molecule has 1 aromatic carbocycles. The van der Waals surface area contributed by atoms with E-state index >= 15 is 0 Å². The maximum Gasteiger partial charge on any atom is 0.418 e. The highest BCUT2D eigenvalue weighted by Crippen LogP contribution is 2.35. The Bertz CT molecular complexity index is 854. The number of hydrogen-bond donors (Lipinski definition) is 2. The lowest BCUT2D eigenvalue weighted by molar-refractivity contribution is -0.137. The number of primary amides is 1. The van der Waals surface area contributed by atoms with Crippen LogP contribution in [0.2, 0.25) is 0 Å². The second-order valence-corrected chi connectivity index (χ2v) is 5.24. The Labute approximate surface area is 141 Å². The quantitative estimate of drug-likeness (QED) is 0.503. The van der Waals surface area contributed by atoms with E-state index in [2.05, 4.69) is 5.10 Å². The number of rotatable bonds is 3. The van der Waals surface area contributed by atoms with Crippen molar-refractivity contribution in [3.8, 4) is 5.69 Å². The first kappa shape index (κ1) is 18.2. The molecule has 0 bridgehead atoms. The molecule has 2 amide bonds. The first-order valence-electron chi connectivity index (χ1n) is 7.11. The third-order valence-electron chi connectivity index (χ3n) is 3.51. The molecule has 25 heavy (non-hydrogen) atoms. The van der Waals surface area contributed by atoms with Crippen LogP contribution >= 0.6 is 0 Å². The Kier molecular flexibility index (Phi) is 4.96. The van der Waals surface area contributed by atoms with Crippen LogP contribution in [-0.2, 0) is 15.8 Å². The summed E-state index contributed by atoms with van der Waals surface area (Å²) in [5.41, 5.74) is 7.46. The normalized spacial score (nSPS) is 11.7. The van der Waals surface area contributed by atoms with E-state index < -0.39 is 23.6 Å². The molecule has 6 nitrogen and oxygen atoms in total. The van der Waals surface area contributed by atoms with Gasteiger partial charge < -0.3 is 10.3 Å². The van der Waals surface area contributed by atoms with Crippen molar-refractivity contribution in [1.29, 1.82) is 0 Å². The van der Waals surface area contributed by atoms with Gasteiger partial charge in [-0.15, -0.1) is 0 Å². The third-order valence-corrected chi connectivity index (χ3v) is 3.51. The van der Waals surface area contributed by atoms with Crippen molar-refractivity contribution in [2.75, 3.05) is 0 Å². The standard InChI is InChI=1S/C16H15F3N4O2/c1-9-7-11(8-21-22-15(25)14(20)24)10(2)23(9)13-6-4-3-5-12(13)16(17,18)19/h3-8H,1-2H3,(H2,20,24)(H,22,25)/b21-8-. The van der Waals surface area contributed by atoms with Crippen molar-refractivity contribution in [2.24, 2.45) is 10.8 Å². The van der Waals surface area contributed by atoms with Crippen LogP contribution in [-0.4, -0.2) is 22.6 Å². The van der Waals surface area contributed by atoms with Crippen LogP contribution in [0.25, 0.3) is 5.69 Å². The molecule has 1 aromatic heterocycles. The van der Waals surface area contributed by atoms with Gasteiger partial charge in [-0.3, -0.25) is 9.59 Å². The van der Waals surface area contributed by atoms with E-state index in [0.29, 0.717) is 17.0 Å². The number of nitrogens with two attached hydrogens (primary N) is 1. The average molecular weight is 352 g/mol. The monoisotopic (exact) mass is 352 g/mol. The largest absolute Gasteiger partial charge is 0.418 e. The molecule has 0 unspecified atom stereocenters. The Morgan fingerprint density at radius 2 is 1.88 bits per heavy atom. The van der Waals surface area contributed by atoms with Crippen LogP contribution in [0.1, 0.15) is 22.5 Å². The summed E-state index contributed by atoms with van der Waals surface area (Å²) < 4.78 is 41.2. The summed E-state index contributed by atoms with van der Waals surface area (Å²) in [6.07, 6.45) is -3.26. The highest BCUT2D eigenvalue weighted by molar-refractivity contribution is 6.34. The van der Waals surface area contributed by atoms with Crippen molar-refractivity contribution in [1.82, 2.24) is 9.99 Å². The summed E-state index contributed by atoms with van der Waals surface area (Å²) in [7, 11) is 0. The van der Waals surface area contributed by atoms with Crippen LogP contribution in [0.15, 0.2) is 35.4 Å². The highest BCUT2D eigenvalue weighted by atomic mass is 19.4. The lowest BCUT2D eigenvalue weighted by atomic mass is 10.1. The van der Waals surface area contributed by atoms with Crippen LogP contribution in [0.3, 0.4) is 0 Å². The fourth-order valence-electron chi connectivity index (χ4n) is 2.41. The second-order valence-electron chi connectivity index (χ2n) is 5.24. The summed E-state index contributed by atoms with van der Waals surface area (Å²) in [5.74, 6) is -2.28. The van der Waals surface area contributed by atoms with Crippen molar-refractivity contribution in [3.63, 3.8) is 0 Å². The molecule has 132 valence electrons. The highest BCUT2D eigenvalue weighted by Gasteiger charge is 2.34. The summed E-state index contributed by atoms with van der Waals surface area (Å²) in [5, 5.41) is 3.58. The number of hydrogen-bond acceptors (Lipinski definition) is 3. The van der Waals surface area contributed by atoms with E-state index in [9.17, 15) is 22.8 Å². The molecule has 0 spiro atoms. The predicted octanol–water partition coefficient (Wildman–Crippen LogP) is 2.05. The molecule has 0 fully saturated rings. The molecule has 0 aliphatic carbocycles.